The number of benzene rings is 1. The van der Waals surface area contributed by atoms with Crippen LogP contribution in [0.15, 0.2) is 24.3 Å². The fourth-order valence-corrected chi connectivity index (χ4v) is 1.53. The van der Waals surface area contributed by atoms with Crippen LogP contribution in [0, 0.1) is 6.92 Å². The van der Waals surface area contributed by atoms with E-state index in [2.05, 4.69) is 0 Å². The maximum atomic E-state index is 11.7. The lowest BCUT2D eigenvalue weighted by Gasteiger charge is -2.03. The number of aryl methyl sites for hydroxylation is 1. The maximum Gasteiger partial charge on any atom is 0.170 e. The maximum absolute atomic E-state index is 11.7. The highest BCUT2D eigenvalue weighted by Crippen LogP contribution is 2.10. The van der Waals surface area contributed by atoms with Gasteiger partial charge in [0.2, 0.25) is 0 Å². The average Bonchev–Trinajstić information content (AvgIpc) is 2.18. The Kier molecular flexibility index (Phi) is 4.22. The minimum atomic E-state index is -0.0634. The van der Waals surface area contributed by atoms with Crippen molar-refractivity contribution in [3.63, 3.8) is 0 Å². The van der Waals surface area contributed by atoms with Crippen molar-refractivity contribution in [1.29, 1.82) is 0 Å². The van der Waals surface area contributed by atoms with Gasteiger partial charge in [-0.15, -0.1) is 0 Å². The fourth-order valence-electron chi connectivity index (χ4n) is 1.53. The first kappa shape index (κ1) is 11.6. The smallest absolute Gasteiger partial charge is 0.170 e. The summed E-state index contributed by atoms with van der Waals surface area (Å²) < 4.78 is 0. The van der Waals surface area contributed by atoms with Gasteiger partial charge in [-0.1, -0.05) is 31.2 Å². The summed E-state index contributed by atoms with van der Waals surface area (Å²) in [5, 5.41) is 0. The standard InChI is InChI=1S/C13H16O2/c1-3-6-11(14)9-13(15)12-8-5-4-7-10(12)2/h4-5,7-8H,3,6,9H2,1-2H3. The van der Waals surface area contributed by atoms with Gasteiger partial charge in [-0.3, -0.25) is 9.59 Å². The third-order valence-corrected chi connectivity index (χ3v) is 2.33. The molecule has 0 atom stereocenters. The zero-order chi connectivity index (χ0) is 11.3. The van der Waals surface area contributed by atoms with Crippen LogP contribution in [0.2, 0.25) is 0 Å². The summed E-state index contributed by atoms with van der Waals surface area (Å²) in [6.45, 7) is 3.83. The van der Waals surface area contributed by atoms with Crippen LogP contribution < -0.4 is 0 Å². The largest absolute Gasteiger partial charge is 0.299 e. The highest BCUT2D eigenvalue weighted by Gasteiger charge is 2.12. The first-order valence-corrected chi connectivity index (χ1v) is 5.25. The Hall–Kier alpha value is -1.44. The van der Waals surface area contributed by atoms with Crippen LogP contribution in [0.25, 0.3) is 0 Å². The van der Waals surface area contributed by atoms with E-state index in [1.165, 1.54) is 0 Å². The molecule has 0 radical (unpaired) electrons. The van der Waals surface area contributed by atoms with E-state index in [1.807, 2.05) is 32.0 Å². The SMILES string of the molecule is CCCC(=O)CC(=O)c1ccccc1C. The van der Waals surface area contributed by atoms with Gasteiger partial charge in [0.05, 0.1) is 6.42 Å². The van der Waals surface area contributed by atoms with Crippen molar-refractivity contribution >= 4 is 11.6 Å². The molecule has 1 rings (SSSR count). The molecule has 0 saturated heterocycles. The van der Waals surface area contributed by atoms with Gasteiger partial charge in [0.25, 0.3) is 0 Å². The molecule has 1 aromatic carbocycles. The Labute approximate surface area is 90.3 Å². The molecule has 0 fully saturated rings. The van der Waals surface area contributed by atoms with E-state index in [-0.39, 0.29) is 18.0 Å². The van der Waals surface area contributed by atoms with Crippen LogP contribution in [-0.2, 0) is 4.79 Å². The fraction of sp³-hybridized carbons (Fsp3) is 0.385. The molecular formula is C13H16O2. The van der Waals surface area contributed by atoms with Crippen molar-refractivity contribution in [2.24, 2.45) is 0 Å². The lowest BCUT2D eigenvalue weighted by Crippen LogP contribution is -2.08. The average molecular weight is 204 g/mol. The van der Waals surface area contributed by atoms with E-state index in [0.717, 1.165) is 12.0 Å². The van der Waals surface area contributed by atoms with E-state index in [4.69, 9.17) is 0 Å². The van der Waals surface area contributed by atoms with Crippen molar-refractivity contribution in [3.8, 4) is 0 Å². The summed E-state index contributed by atoms with van der Waals surface area (Å²) in [4.78, 5) is 23.0. The Morgan fingerprint density at radius 2 is 1.87 bits per heavy atom. The minimum absolute atomic E-state index is 0.0331. The number of hydrogen-bond acceptors (Lipinski definition) is 2. The van der Waals surface area contributed by atoms with Crippen LogP contribution in [0.4, 0.5) is 0 Å². The quantitative estimate of drug-likeness (QED) is 0.546. The van der Waals surface area contributed by atoms with Gasteiger partial charge in [-0.25, -0.2) is 0 Å². The second-order valence-corrected chi connectivity index (χ2v) is 3.70. The third kappa shape index (κ3) is 3.31. The highest BCUT2D eigenvalue weighted by atomic mass is 16.1. The summed E-state index contributed by atoms with van der Waals surface area (Å²) in [6.07, 6.45) is 1.34. The van der Waals surface area contributed by atoms with Crippen molar-refractivity contribution in [1.82, 2.24) is 0 Å². The molecular weight excluding hydrogens is 188 g/mol. The van der Waals surface area contributed by atoms with Gasteiger partial charge in [0.15, 0.2) is 5.78 Å². The predicted octanol–water partition coefficient (Wildman–Crippen LogP) is 2.94. The molecule has 0 amide bonds. The molecule has 0 aliphatic heterocycles. The van der Waals surface area contributed by atoms with Crippen LogP contribution in [0.1, 0.15) is 42.1 Å². The molecule has 2 nitrogen and oxygen atoms in total. The van der Waals surface area contributed by atoms with E-state index in [9.17, 15) is 9.59 Å². The molecule has 2 heteroatoms. The summed E-state index contributed by atoms with van der Waals surface area (Å²) >= 11 is 0. The summed E-state index contributed by atoms with van der Waals surface area (Å²) in [5.41, 5.74) is 1.61. The molecule has 0 unspecified atom stereocenters. The first-order chi connectivity index (χ1) is 7.15. The summed E-state index contributed by atoms with van der Waals surface area (Å²) in [6, 6.07) is 7.37. The topological polar surface area (TPSA) is 34.1 Å². The van der Waals surface area contributed by atoms with Crippen LogP contribution in [0.3, 0.4) is 0 Å². The Morgan fingerprint density at radius 3 is 2.47 bits per heavy atom. The second kappa shape index (κ2) is 5.44. The number of rotatable bonds is 5. The molecule has 0 saturated carbocycles. The molecule has 0 N–H and O–H groups in total. The zero-order valence-corrected chi connectivity index (χ0v) is 9.25. The number of carbonyl (C=O) groups is 2. The molecule has 0 heterocycles. The molecule has 1 aromatic rings. The lowest BCUT2D eigenvalue weighted by molar-refractivity contribution is -0.118. The van der Waals surface area contributed by atoms with Crippen molar-refractivity contribution in [3.05, 3.63) is 35.4 Å². The van der Waals surface area contributed by atoms with E-state index >= 15 is 0 Å². The number of ketones is 2. The van der Waals surface area contributed by atoms with Crippen LogP contribution >= 0.6 is 0 Å². The Balaban J connectivity index is 2.70. The molecule has 0 bridgehead atoms. The molecule has 0 aliphatic rings. The summed E-state index contributed by atoms with van der Waals surface area (Å²) in [5.74, 6) is -0.0303. The first-order valence-electron chi connectivity index (χ1n) is 5.25. The second-order valence-electron chi connectivity index (χ2n) is 3.70. The van der Waals surface area contributed by atoms with Gasteiger partial charge in [-0.05, 0) is 18.9 Å². The van der Waals surface area contributed by atoms with E-state index in [1.54, 1.807) is 6.07 Å². The van der Waals surface area contributed by atoms with Gasteiger partial charge >= 0.3 is 0 Å². The van der Waals surface area contributed by atoms with Crippen LogP contribution in [0.5, 0.6) is 0 Å². The van der Waals surface area contributed by atoms with Gasteiger partial charge in [0, 0.05) is 12.0 Å². The van der Waals surface area contributed by atoms with E-state index < -0.39 is 0 Å². The number of hydrogen-bond donors (Lipinski definition) is 0. The van der Waals surface area contributed by atoms with Gasteiger partial charge in [0.1, 0.15) is 5.78 Å². The van der Waals surface area contributed by atoms with Gasteiger partial charge < -0.3 is 0 Å². The lowest BCUT2D eigenvalue weighted by atomic mass is 10.00. The molecule has 0 spiro atoms. The third-order valence-electron chi connectivity index (χ3n) is 2.33. The minimum Gasteiger partial charge on any atom is -0.299 e. The zero-order valence-electron chi connectivity index (χ0n) is 9.25. The van der Waals surface area contributed by atoms with Crippen molar-refractivity contribution in [2.45, 2.75) is 33.1 Å². The van der Waals surface area contributed by atoms with Crippen LogP contribution in [-0.4, -0.2) is 11.6 Å². The predicted molar refractivity (Wildman–Crippen MR) is 60.0 cm³/mol. The number of Topliss-reactive ketones (excluding diaryl/α,β-unsaturated/α-hetero) is 2. The highest BCUT2D eigenvalue weighted by molar-refractivity contribution is 6.08. The number of carbonyl (C=O) groups excluding carboxylic acids is 2. The molecule has 15 heavy (non-hydrogen) atoms. The monoisotopic (exact) mass is 204 g/mol. The Morgan fingerprint density at radius 1 is 1.20 bits per heavy atom. The molecule has 0 aliphatic carbocycles. The molecule has 0 aromatic heterocycles. The molecule has 80 valence electrons. The Bertz CT molecular complexity index is 367. The summed E-state index contributed by atoms with van der Waals surface area (Å²) in [7, 11) is 0. The van der Waals surface area contributed by atoms with Crippen molar-refractivity contribution in [2.75, 3.05) is 0 Å². The van der Waals surface area contributed by atoms with E-state index in [0.29, 0.717) is 12.0 Å². The van der Waals surface area contributed by atoms with Crippen molar-refractivity contribution < 1.29 is 9.59 Å². The van der Waals surface area contributed by atoms with Gasteiger partial charge in [-0.2, -0.15) is 0 Å². The normalized spacial score (nSPS) is 10.0.